The van der Waals surface area contributed by atoms with Crippen molar-refractivity contribution in [3.05, 3.63) is 50.9 Å². The van der Waals surface area contributed by atoms with E-state index in [1.807, 2.05) is 13.8 Å². The standard InChI is InChI=1S/C19H20FN5O3S/c1-10(2)21-13(26)9-29-17-14-16(24(3)19(28)25(4)18(14)27)22-15(23-17)11-7-5-6-8-12(11)20/h5-8,10H,9H2,1-4H3,(H,21,26). The Kier molecular flexibility index (Phi) is 5.83. The quantitative estimate of drug-likeness (QED) is 0.498. The second-order valence-corrected chi connectivity index (χ2v) is 7.71. The van der Waals surface area contributed by atoms with E-state index in [0.717, 1.165) is 16.3 Å². The van der Waals surface area contributed by atoms with Gasteiger partial charge in [-0.3, -0.25) is 18.7 Å². The average molecular weight is 417 g/mol. The number of amides is 1. The van der Waals surface area contributed by atoms with Crippen molar-refractivity contribution in [2.75, 3.05) is 5.75 Å². The first kappa shape index (κ1) is 20.7. The fraction of sp³-hybridized carbons (Fsp3) is 0.316. The predicted octanol–water partition coefficient (Wildman–Crippen LogP) is 1.45. The van der Waals surface area contributed by atoms with E-state index in [2.05, 4.69) is 15.3 Å². The predicted molar refractivity (Wildman–Crippen MR) is 109 cm³/mol. The summed E-state index contributed by atoms with van der Waals surface area (Å²) in [7, 11) is 2.83. The van der Waals surface area contributed by atoms with E-state index in [9.17, 15) is 18.8 Å². The number of fused-ring (bicyclic) bond motifs is 1. The molecule has 3 aromatic rings. The number of aromatic nitrogens is 4. The van der Waals surface area contributed by atoms with Gasteiger partial charge in [-0.2, -0.15) is 0 Å². The highest BCUT2D eigenvalue weighted by atomic mass is 32.2. The average Bonchev–Trinajstić information content (AvgIpc) is 2.68. The molecule has 0 aliphatic rings. The van der Waals surface area contributed by atoms with Crippen molar-refractivity contribution in [3.63, 3.8) is 0 Å². The number of aryl methyl sites for hydroxylation is 1. The Morgan fingerprint density at radius 1 is 1.17 bits per heavy atom. The number of carbonyl (C=O) groups is 1. The highest BCUT2D eigenvalue weighted by Gasteiger charge is 2.20. The number of nitrogens with zero attached hydrogens (tertiary/aromatic N) is 4. The molecule has 1 N–H and O–H groups in total. The first-order valence-corrected chi connectivity index (χ1v) is 9.84. The second-order valence-electron chi connectivity index (χ2n) is 6.75. The number of halogens is 1. The zero-order valence-corrected chi connectivity index (χ0v) is 17.2. The molecule has 0 unspecified atom stereocenters. The number of nitrogens with one attached hydrogen (secondary N) is 1. The molecule has 0 spiro atoms. The molecular weight excluding hydrogens is 397 g/mol. The molecule has 3 rings (SSSR count). The lowest BCUT2D eigenvalue weighted by Crippen LogP contribution is -2.38. The minimum absolute atomic E-state index is 0.00694. The lowest BCUT2D eigenvalue weighted by molar-refractivity contribution is -0.119. The fourth-order valence-corrected chi connectivity index (χ4v) is 3.62. The third-order valence-electron chi connectivity index (χ3n) is 4.17. The van der Waals surface area contributed by atoms with Crippen LogP contribution in [0.4, 0.5) is 4.39 Å². The van der Waals surface area contributed by atoms with Crippen LogP contribution in [0.15, 0.2) is 38.9 Å². The van der Waals surface area contributed by atoms with Gasteiger partial charge >= 0.3 is 5.69 Å². The number of thioether (sulfide) groups is 1. The summed E-state index contributed by atoms with van der Waals surface area (Å²) in [6.45, 7) is 3.68. The van der Waals surface area contributed by atoms with Crippen LogP contribution in [0.25, 0.3) is 22.4 Å². The Morgan fingerprint density at radius 3 is 2.52 bits per heavy atom. The second kappa shape index (κ2) is 8.16. The first-order chi connectivity index (χ1) is 13.7. The van der Waals surface area contributed by atoms with Crippen LogP contribution in [-0.2, 0) is 18.9 Å². The minimum Gasteiger partial charge on any atom is -0.353 e. The molecule has 1 amide bonds. The van der Waals surface area contributed by atoms with Gasteiger partial charge in [-0.05, 0) is 26.0 Å². The normalized spacial score (nSPS) is 11.2. The Bertz CT molecular complexity index is 1220. The summed E-state index contributed by atoms with van der Waals surface area (Å²) in [4.78, 5) is 45.8. The van der Waals surface area contributed by atoms with Crippen LogP contribution >= 0.6 is 11.8 Å². The van der Waals surface area contributed by atoms with E-state index in [-0.39, 0.29) is 45.1 Å². The molecule has 0 aliphatic carbocycles. The molecule has 8 nitrogen and oxygen atoms in total. The van der Waals surface area contributed by atoms with Crippen LogP contribution in [0.5, 0.6) is 0 Å². The molecular formula is C19H20FN5O3S. The van der Waals surface area contributed by atoms with Gasteiger partial charge in [0.15, 0.2) is 11.5 Å². The topological polar surface area (TPSA) is 98.9 Å². The van der Waals surface area contributed by atoms with Crippen LogP contribution in [0.3, 0.4) is 0 Å². The summed E-state index contributed by atoms with van der Waals surface area (Å²) in [6, 6.07) is 5.92. The number of rotatable bonds is 5. The van der Waals surface area contributed by atoms with Gasteiger partial charge in [-0.1, -0.05) is 23.9 Å². The Hall–Kier alpha value is -3.01. The summed E-state index contributed by atoms with van der Waals surface area (Å²) < 4.78 is 16.5. The SMILES string of the molecule is CC(C)NC(=O)CSc1nc(-c2ccccc2F)nc2c1c(=O)n(C)c(=O)n2C. The maximum Gasteiger partial charge on any atom is 0.332 e. The van der Waals surface area contributed by atoms with Gasteiger partial charge in [0.1, 0.15) is 16.2 Å². The maximum atomic E-state index is 14.3. The summed E-state index contributed by atoms with van der Waals surface area (Å²) in [6.07, 6.45) is 0. The maximum absolute atomic E-state index is 14.3. The summed E-state index contributed by atoms with van der Waals surface area (Å²) in [5.41, 5.74) is -0.918. The Labute approximate surface area is 169 Å². The summed E-state index contributed by atoms with van der Waals surface area (Å²) >= 11 is 1.04. The van der Waals surface area contributed by atoms with Crippen molar-refractivity contribution < 1.29 is 9.18 Å². The van der Waals surface area contributed by atoms with Crippen molar-refractivity contribution in [2.45, 2.75) is 24.9 Å². The summed E-state index contributed by atoms with van der Waals surface area (Å²) in [5.74, 6) is -0.724. The largest absolute Gasteiger partial charge is 0.353 e. The molecule has 152 valence electrons. The third-order valence-corrected chi connectivity index (χ3v) is 5.15. The number of benzene rings is 1. The van der Waals surface area contributed by atoms with Gasteiger partial charge in [-0.25, -0.2) is 19.2 Å². The molecule has 0 atom stereocenters. The zero-order chi connectivity index (χ0) is 21.3. The molecule has 2 aromatic heterocycles. The summed E-state index contributed by atoms with van der Waals surface area (Å²) in [5, 5.41) is 3.08. The molecule has 29 heavy (non-hydrogen) atoms. The molecule has 0 radical (unpaired) electrons. The van der Waals surface area contributed by atoms with Crippen LogP contribution in [-0.4, -0.2) is 36.8 Å². The Morgan fingerprint density at radius 2 is 1.86 bits per heavy atom. The van der Waals surface area contributed by atoms with Crippen LogP contribution in [0.1, 0.15) is 13.8 Å². The molecule has 0 aliphatic heterocycles. The fourth-order valence-electron chi connectivity index (χ4n) is 2.79. The van der Waals surface area contributed by atoms with E-state index < -0.39 is 17.1 Å². The van der Waals surface area contributed by atoms with E-state index in [4.69, 9.17) is 0 Å². The highest BCUT2D eigenvalue weighted by molar-refractivity contribution is 8.00. The lowest BCUT2D eigenvalue weighted by atomic mass is 10.2. The molecule has 0 saturated carbocycles. The molecule has 1 aromatic carbocycles. The van der Waals surface area contributed by atoms with Gasteiger partial charge in [0.2, 0.25) is 5.91 Å². The van der Waals surface area contributed by atoms with Crippen molar-refractivity contribution >= 4 is 28.7 Å². The van der Waals surface area contributed by atoms with Gasteiger partial charge in [0.25, 0.3) is 5.56 Å². The molecule has 0 bridgehead atoms. The van der Waals surface area contributed by atoms with E-state index in [0.29, 0.717) is 0 Å². The molecule has 0 fully saturated rings. The van der Waals surface area contributed by atoms with Crippen molar-refractivity contribution in [3.8, 4) is 11.4 Å². The van der Waals surface area contributed by atoms with E-state index >= 15 is 0 Å². The zero-order valence-electron chi connectivity index (χ0n) is 16.4. The van der Waals surface area contributed by atoms with Crippen LogP contribution in [0.2, 0.25) is 0 Å². The first-order valence-electron chi connectivity index (χ1n) is 8.85. The highest BCUT2D eigenvalue weighted by Crippen LogP contribution is 2.27. The van der Waals surface area contributed by atoms with Crippen LogP contribution in [0, 0.1) is 5.82 Å². The number of hydrogen-bond donors (Lipinski definition) is 1. The van der Waals surface area contributed by atoms with Crippen molar-refractivity contribution in [1.82, 2.24) is 24.4 Å². The van der Waals surface area contributed by atoms with Gasteiger partial charge in [-0.15, -0.1) is 0 Å². The lowest BCUT2D eigenvalue weighted by Gasteiger charge is -2.13. The minimum atomic E-state index is -0.574. The van der Waals surface area contributed by atoms with E-state index in [1.54, 1.807) is 6.07 Å². The molecule has 0 saturated heterocycles. The van der Waals surface area contributed by atoms with Gasteiger partial charge in [0.05, 0.1) is 11.3 Å². The Balaban J connectivity index is 2.24. The number of hydrogen-bond acceptors (Lipinski definition) is 6. The monoisotopic (exact) mass is 417 g/mol. The van der Waals surface area contributed by atoms with E-state index in [1.165, 1.54) is 36.9 Å². The van der Waals surface area contributed by atoms with Crippen molar-refractivity contribution in [2.24, 2.45) is 14.1 Å². The van der Waals surface area contributed by atoms with Gasteiger partial charge in [0, 0.05) is 20.1 Å². The molecule has 2 heterocycles. The van der Waals surface area contributed by atoms with Crippen molar-refractivity contribution in [1.29, 1.82) is 0 Å². The third kappa shape index (κ3) is 4.07. The molecule has 10 heteroatoms. The van der Waals surface area contributed by atoms with Crippen LogP contribution < -0.4 is 16.6 Å². The smallest absolute Gasteiger partial charge is 0.332 e. The number of carbonyl (C=O) groups excluding carboxylic acids is 1. The van der Waals surface area contributed by atoms with Gasteiger partial charge < -0.3 is 5.32 Å².